The number of guanidine groups is 2. The second-order valence-electron chi connectivity index (χ2n) is 24.2. The first-order chi connectivity index (χ1) is 44.3. The number of nitrogens with two attached hydrogens (primary N) is 4. The number of benzene rings is 4. The van der Waals surface area contributed by atoms with Gasteiger partial charge in [0.25, 0.3) is 0 Å². The number of hydrogen-bond acceptors (Lipinski definition) is 12. The van der Waals surface area contributed by atoms with Crippen molar-refractivity contribution in [3.05, 3.63) is 148 Å². The molecule has 4 fully saturated rings. The molecular weight excluding hydrogens is 1250 g/mol. The van der Waals surface area contributed by atoms with Gasteiger partial charge in [-0.3, -0.25) is 0 Å². The molecule has 0 radical (unpaired) electrons. The number of hydrazine groups is 2. The lowest BCUT2D eigenvalue weighted by atomic mass is 10.0. The average Bonchev–Trinajstić information content (AvgIpc) is 1.39. The van der Waals surface area contributed by atoms with E-state index in [1.807, 2.05) is 69.3 Å². The Morgan fingerprint density at radius 3 is 1.26 bits per heavy atom. The van der Waals surface area contributed by atoms with Gasteiger partial charge in [0.2, 0.25) is 11.9 Å². The first-order valence-corrected chi connectivity index (χ1v) is 31.1. The van der Waals surface area contributed by atoms with Gasteiger partial charge < -0.3 is 40.9 Å². The molecule has 4 aromatic carbocycles. The number of hydrazone groups is 2. The minimum absolute atomic E-state index is 0.0118. The minimum Gasteiger partial charge on any atom is -0.494 e. The molecule has 2 aromatic heterocycles. The number of hydrogen-bond donors (Lipinski definition) is 5. The Labute approximate surface area is 539 Å². The highest BCUT2D eigenvalue weighted by molar-refractivity contribution is 5.88. The van der Waals surface area contributed by atoms with E-state index < -0.39 is 66.2 Å². The third-order valence-corrected chi connectivity index (χ3v) is 15.8. The van der Waals surface area contributed by atoms with E-state index in [1.165, 1.54) is 23.8 Å². The SMILES string of the molecule is C=C.CC.COc1cccc2cc(CN(Cc3cc(C(F)(F)F)cc(C(F)(F)F)c3)/C(N)=N/N(C)N)c(N(CC3CC3)CC3CC3)nc12.Cc1cccc2cc(CN(Cc3cc(C(F)(F)F)cc(C(F)(F)F)c3)/C(N)=N/N(N)CC(C)O)c(N(CC3CC3)CC3CC3)nc12. The summed E-state index contributed by atoms with van der Waals surface area (Å²) in [7, 11) is 2.96. The third kappa shape index (κ3) is 21.0. The van der Waals surface area contributed by atoms with E-state index in [0.717, 1.165) is 110 Å². The standard InChI is InChI=1S/C32H39F6N7O.C30H35F6N7O.C2H6.C2H4/c1-19-4-3-5-24-12-25(29(41-28(19)24)43(15-21-6-7-21)16-22-8-9-22)18-44(30(39)42-45(40)14-20(2)46)17-23-10-26(31(33,34)35)13-27(11-23)32(36,37)38;1-41(38)40-28(37)43(16-20-10-23(29(31,32)33)13-24(11-20)30(34,35)36)17-22-12-21-4-3-5-25(44-2)26(21)39-27(22)42(14-18-6-7-18)15-19-8-9-19;2*1-2/h3-5,10-13,20-22,46H,6-9,14-18,40H2,1-2H3,(H2,39,42);3-5,10-13,18-19H,6-9,14-17,38H2,1-2H3,(H2,37,40);1-2H3;1-2H2. The van der Waals surface area contributed by atoms with Crippen LogP contribution in [0.2, 0.25) is 0 Å². The molecule has 94 heavy (non-hydrogen) atoms. The van der Waals surface area contributed by atoms with Gasteiger partial charge in [0.15, 0.2) is 0 Å². The number of alkyl halides is 12. The van der Waals surface area contributed by atoms with Gasteiger partial charge in [-0.05, 0) is 160 Å². The van der Waals surface area contributed by atoms with E-state index >= 15 is 0 Å². The Hall–Kier alpha value is -7.98. The fourth-order valence-electron chi connectivity index (χ4n) is 10.7. The highest BCUT2D eigenvalue weighted by Gasteiger charge is 2.40. The molecule has 6 aromatic rings. The molecule has 4 aliphatic rings. The fourth-order valence-corrected chi connectivity index (χ4v) is 10.7. The lowest BCUT2D eigenvalue weighted by Gasteiger charge is -2.30. The van der Waals surface area contributed by atoms with Crippen LogP contribution >= 0.6 is 0 Å². The zero-order chi connectivity index (χ0) is 69.2. The van der Waals surface area contributed by atoms with Gasteiger partial charge in [-0.2, -0.15) is 52.7 Å². The number of ether oxygens (including phenoxy) is 1. The maximum Gasteiger partial charge on any atom is 0.416 e. The van der Waals surface area contributed by atoms with Crippen molar-refractivity contribution < 1.29 is 62.5 Å². The van der Waals surface area contributed by atoms with Crippen molar-refractivity contribution in [2.24, 2.45) is 57.0 Å². The number of anilines is 2. The first kappa shape index (κ1) is 73.4. The summed E-state index contributed by atoms with van der Waals surface area (Å²) in [5.74, 6) is 15.2. The highest BCUT2D eigenvalue weighted by Crippen LogP contribution is 2.43. The molecule has 10 rings (SSSR count). The molecule has 0 bridgehead atoms. The molecule has 0 amide bonds. The smallest absolute Gasteiger partial charge is 0.416 e. The number of aliphatic hydroxyl groups excluding tert-OH is 1. The number of methoxy groups -OCH3 is 1. The van der Waals surface area contributed by atoms with Crippen molar-refractivity contribution in [3.63, 3.8) is 0 Å². The van der Waals surface area contributed by atoms with E-state index in [4.69, 9.17) is 37.9 Å². The summed E-state index contributed by atoms with van der Waals surface area (Å²) in [5, 5.41) is 21.3. The Bertz CT molecular complexity index is 3470. The van der Waals surface area contributed by atoms with E-state index in [1.54, 1.807) is 7.11 Å². The normalized spacial score (nSPS) is 15.6. The van der Waals surface area contributed by atoms with Crippen LogP contribution in [0.1, 0.15) is 122 Å². The summed E-state index contributed by atoms with van der Waals surface area (Å²) < 4.78 is 170. The van der Waals surface area contributed by atoms with Crippen LogP contribution in [-0.2, 0) is 50.9 Å². The molecule has 0 aliphatic heterocycles. The van der Waals surface area contributed by atoms with Gasteiger partial charge >= 0.3 is 24.7 Å². The van der Waals surface area contributed by atoms with E-state index in [9.17, 15) is 57.8 Å². The average molecular weight is 1330 g/mol. The number of fused-ring (bicyclic) bond motifs is 2. The van der Waals surface area contributed by atoms with Crippen LogP contribution in [0.15, 0.2) is 108 Å². The number of halogens is 12. The van der Waals surface area contributed by atoms with Gasteiger partial charge in [-0.1, -0.05) is 44.2 Å². The summed E-state index contributed by atoms with van der Waals surface area (Å²) in [5.41, 5.74) is 10.3. The second kappa shape index (κ2) is 31.1. The van der Waals surface area contributed by atoms with Crippen molar-refractivity contribution >= 4 is 45.4 Å². The summed E-state index contributed by atoms with van der Waals surface area (Å²) in [6, 6.07) is 18.1. The van der Waals surface area contributed by atoms with Crippen LogP contribution in [-0.4, -0.2) is 100 Å². The van der Waals surface area contributed by atoms with E-state index in [-0.39, 0.29) is 54.8 Å². The van der Waals surface area contributed by atoms with Gasteiger partial charge in [0.05, 0.1) is 47.5 Å². The Morgan fingerprint density at radius 2 is 0.915 bits per heavy atom. The van der Waals surface area contributed by atoms with Crippen LogP contribution in [0, 0.1) is 30.6 Å². The maximum absolute atomic E-state index is 13.7. The Morgan fingerprint density at radius 1 is 0.564 bits per heavy atom. The molecule has 16 nitrogen and oxygen atoms in total. The van der Waals surface area contributed by atoms with Crippen molar-refractivity contribution in [2.45, 2.75) is 136 Å². The van der Waals surface area contributed by atoms with E-state index in [2.05, 4.69) is 33.2 Å². The van der Waals surface area contributed by atoms with Gasteiger partial charge in [-0.15, -0.1) is 23.4 Å². The summed E-state index contributed by atoms with van der Waals surface area (Å²) in [4.78, 5) is 17.4. The summed E-state index contributed by atoms with van der Waals surface area (Å²) in [6.07, 6.45) is -12.0. The number of aromatic nitrogens is 2. The molecule has 0 saturated heterocycles. The number of pyridine rings is 2. The van der Waals surface area contributed by atoms with Crippen LogP contribution in [0.3, 0.4) is 0 Å². The lowest BCUT2D eigenvalue weighted by molar-refractivity contribution is -0.144. The summed E-state index contributed by atoms with van der Waals surface area (Å²) >= 11 is 0. The van der Waals surface area contributed by atoms with Crippen LogP contribution in [0.4, 0.5) is 64.3 Å². The van der Waals surface area contributed by atoms with Crippen LogP contribution in [0.25, 0.3) is 21.8 Å². The number of aliphatic hydroxyl groups is 1. The monoisotopic (exact) mass is 1330 g/mol. The van der Waals surface area contributed by atoms with Gasteiger partial charge in [-0.25, -0.2) is 31.9 Å². The number of para-hydroxylation sites is 2. The summed E-state index contributed by atoms with van der Waals surface area (Å²) in [6.45, 7) is 15.6. The van der Waals surface area contributed by atoms with Gasteiger partial charge in [0, 0.05) is 81.3 Å². The molecule has 514 valence electrons. The predicted octanol–water partition coefficient (Wildman–Crippen LogP) is 13.8. The lowest BCUT2D eigenvalue weighted by Crippen LogP contribution is -2.42. The molecular formula is C66H84F12N14O2. The highest BCUT2D eigenvalue weighted by atomic mass is 19.4. The Kier molecular flexibility index (Phi) is 24.3. The molecule has 28 heteroatoms. The van der Waals surface area contributed by atoms with Crippen LogP contribution in [0.5, 0.6) is 5.75 Å². The van der Waals surface area contributed by atoms with Gasteiger partial charge in [0.1, 0.15) is 22.9 Å². The molecule has 4 aliphatic carbocycles. The Balaban J connectivity index is 0.000000253. The zero-order valence-electron chi connectivity index (χ0n) is 53.6. The molecule has 4 saturated carbocycles. The topological polar surface area (TPSA) is 203 Å². The molecule has 9 N–H and O–H groups in total. The van der Waals surface area contributed by atoms with Crippen molar-refractivity contribution in [3.8, 4) is 5.75 Å². The molecule has 0 spiro atoms. The van der Waals surface area contributed by atoms with E-state index in [0.29, 0.717) is 82.0 Å². The number of nitrogens with zero attached hydrogens (tertiary/aromatic N) is 10. The quantitative estimate of drug-likeness (QED) is 0.0101. The van der Waals surface area contributed by atoms with Crippen LogP contribution < -0.4 is 37.7 Å². The van der Waals surface area contributed by atoms with Crippen molar-refractivity contribution in [2.75, 3.05) is 56.7 Å². The first-order valence-electron chi connectivity index (χ1n) is 31.1. The molecule has 2 heterocycles. The largest absolute Gasteiger partial charge is 0.494 e. The predicted molar refractivity (Wildman–Crippen MR) is 342 cm³/mol. The van der Waals surface area contributed by atoms with Crippen molar-refractivity contribution in [1.29, 1.82) is 0 Å². The third-order valence-electron chi connectivity index (χ3n) is 15.8. The second-order valence-corrected chi connectivity index (χ2v) is 24.2. The van der Waals surface area contributed by atoms with Crippen molar-refractivity contribution in [1.82, 2.24) is 30.0 Å². The number of aryl methyl sites for hydroxylation is 1. The molecule has 1 unspecified atom stereocenters. The zero-order valence-corrected chi connectivity index (χ0v) is 53.6. The minimum atomic E-state index is -5.01. The molecule has 1 atom stereocenters. The maximum atomic E-state index is 13.7. The number of rotatable bonds is 23. The fraction of sp³-hybridized carbons (Fsp3) is 0.485.